The van der Waals surface area contributed by atoms with E-state index < -0.39 is 5.79 Å². The predicted octanol–water partition coefficient (Wildman–Crippen LogP) is 5.76. The summed E-state index contributed by atoms with van der Waals surface area (Å²) >= 11 is 0. The van der Waals surface area contributed by atoms with Crippen molar-refractivity contribution in [1.29, 1.82) is 0 Å². The first-order valence-corrected chi connectivity index (χ1v) is 9.48. The van der Waals surface area contributed by atoms with Crippen molar-refractivity contribution < 1.29 is 9.47 Å². The molecule has 0 radical (unpaired) electrons. The fourth-order valence-corrected chi connectivity index (χ4v) is 4.32. The summed E-state index contributed by atoms with van der Waals surface area (Å²) < 4.78 is 12.1. The van der Waals surface area contributed by atoms with Crippen LogP contribution in [0.3, 0.4) is 0 Å². The van der Waals surface area contributed by atoms with E-state index in [1.165, 1.54) is 44.1 Å². The fraction of sp³-hybridized carbons (Fsp3) is 0.714. The fourth-order valence-electron chi connectivity index (χ4n) is 4.32. The standard InChI is InChI=1S/C21H32O2/c1-5-6-17-7-9-18(10-8-17)19-11-13-20(14-12-19)21(4)22-15(2)16(3)23-21/h11-18H,5-10H2,1-4H3. The molecule has 0 bridgehead atoms. The number of benzene rings is 1. The molecule has 0 aromatic heterocycles. The van der Waals surface area contributed by atoms with Gasteiger partial charge in [-0.15, -0.1) is 0 Å². The van der Waals surface area contributed by atoms with Crippen LogP contribution in [0.15, 0.2) is 24.3 Å². The molecule has 1 saturated heterocycles. The molecule has 0 spiro atoms. The molecule has 1 saturated carbocycles. The molecule has 128 valence electrons. The van der Waals surface area contributed by atoms with Crippen LogP contribution in [0.1, 0.15) is 83.3 Å². The van der Waals surface area contributed by atoms with Gasteiger partial charge in [0.15, 0.2) is 5.79 Å². The highest BCUT2D eigenvalue weighted by molar-refractivity contribution is 5.28. The van der Waals surface area contributed by atoms with E-state index in [9.17, 15) is 0 Å². The quantitative estimate of drug-likeness (QED) is 0.703. The van der Waals surface area contributed by atoms with Gasteiger partial charge in [-0.1, -0.05) is 44.0 Å². The van der Waals surface area contributed by atoms with Gasteiger partial charge in [-0.3, -0.25) is 0 Å². The lowest BCUT2D eigenvalue weighted by atomic mass is 9.77. The first-order chi connectivity index (χ1) is 11.0. The van der Waals surface area contributed by atoms with Gasteiger partial charge in [-0.2, -0.15) is 0 Å². The van der Waals surface area contributed by atoms with Crippen molar-refractivity contribution in [2.45, 2.75) is 90.1 Å². The van der Waals surface area contributed by atoms with Crippen LogP contribution >= 0.6 is 0 Å². The van der Waals surface area contributed by atoms with Crippen molar-refractivity contribution in [3.63, 3.8) is 0 Å². The molecule has 2 fully saturated rings. The first-order valence-electron chi connectivity index (χ1n) is 9.48. The van der Waals surface area contributed by atoms with Gasteiger partial charge in [0.25, 0.3) is 0 Å². The molecule has 0 amide bonds. The van der Waals surface area contributed by atoms with Crippen molar-refractivity contribution in [3.8, 4) is 0 Å². The van der Waals surface area contributed by atoms with Crippen molar-refractivity contribution >= 4 is 0 Å². The molecule has 1 heterocycles. The average Bonchev–Trinajstić information content (AvgIpc) is 2.82. The van der Waals surface area contributed by atoms with E-state index in [0.717, 1.165) is 17.4 Å². The third-order valence-corrected chi connectivity index (χ3v) is 5.93. The molecule has 1 aliphatic heterocycles. The summed E-state index contributed by atoms with van der Waals surface area (Å²) in [6.45, 7) is 8.51. The van der Waals surface area contributed by atoms with Gasteiger partial charge < -0.3 is 9.47 Å². The molecule has 2 heteroatoms. The smallest absolute Gasteiger partial charge is 0.192 e. The predicted molar refractivity (Wildman–Crippen MR) is 94.5 cm³/mol. The summed E-state index contributed by atoms with van der Waals surface area (Å²) in [5.41, 5.74) is 2.63. The van der Waals surface area contributed by atoms with Crippen molar-refractivity contribution in [2.75, 3.05) is 0 Å². The Morgan fingerprint density at radius 3 is 2.04 bits per heavy atom. The highest BCUT2D eigenvalue weighted by Crippen LogP contribution is 2.40. The molecule has 2 unspecified atom stereocenters. The van der Waals surface area contributed by atoms with E-state index in [4.69, 9.17) is 9.47 Å². The lowest BCUT2D eigenvalue weighted by Crippen LogP contribution is -2.23. The van der Waals surface area contributed by atoms with Crippen LogP contribution in [0.4, 0.5) is 0 Å². The number of hydrogen-bond acceptors (Lipinski definition) is 2. The number of rotatable bonds is 4. The Hall–Kier alpha value is -0.860. The van der Waals surface area contributed by atoms with E-state index in [0.29, 0.717) is 0 Å². The number of hydrogen-bond donors (Lipinski definition) is 0. The van der Waals surface area contributed by atoms with Crippen LogP contribution in [0.5, 0.6) is 0 Å². The van der Waals surface area contributed by atoms with Crippen LogP contribution in [0.2, 0.25) is 0 Å². The summed E-state index contributed by atoms with van der Waals surface area (Å²) in [6.07, 6.45) is 8.54. The lowest BCUT2D eigenvalue weighted by molar-refractivity contribution is -0.166. The van der Waals surface area contributed by atoms with Crippen LogP contribution in [0, 0.1) is 5.92 Å². The molecular formula is C21H32O2. The van der Waals surface area contributed by atoms with Gasteiger partial charge in [-0.05, 0) is 63.9 Å². The maximum atomic E-state index is 6.05. The topological polar surface area (TPSA) is 18.5 Å². The van der Waals surface area contributed by atoms with Gasteiger partial charge in [-0.25, -0.2) is 0 Å². The molecular weight excluding hydrogens is 284 g/mol. The Kier molecular flexibility index (Phi) is 5.13. The zero-order valence-electron chi connectivity index (χ0n) is 15.2. The minimum Gasteiger partial charge on any atom is -0.340 e. The molecule has 2 nitrogen and oxygen atoms in total. The second kappa shape index (κ2) is 6.94. The lowest BCUT2D eigenvalue weighted by Gasteiger charge is -2.29. The molecule has 1 aliphatic carbocycles. The summed E-state index contributed by atoms with van der Waals surface area (Å²) in [5, 5.41) is 0. The van der Waals surface area contributed by atoms with E-state index in [1.807, 2.05) is 6.92 Å². The summed E-state index contributed by atoms with van der Waals surface area (Å²) in [6, 6.07) is 9.01. The zero-order chi connectivity index (χ0) is 16.4. The maximum Gasteiger partial charge on any atom is 0.192 e. The normalized spacial score (nSPS) is 37.9. The zero-order valence-corrected chi connectivity index (χ0v) is 15.2. The van der Waals surface area contributed by atoms with Crippen molar-refractivity contribution in [1.82, 2.24) is 0 Å². The summed E-state index contributed by atoms with van der Waals surface area (Å²) in [4.78, 5) is 0. The van der Waals surface area contributed by atoms with E-state index >= 15 is 0 Å². The largest absolute Gasteiger partial charge is 0.340 e. The van der Waals surface area contributed by atoms with Gasteiger partial charge in [0.2, 0.25) is 0 Å². The second-order valence-corrected chi connectivity index (χ2v) is 7.72. The monoisotopic (exact) mass is 316 g/mol. The Balaban J connectivity index is 1.64. The molecule has 23 heavy (non-hydrogen) atoms. The van der Waals surface area contributed by atoms with E-state index in [1.54, 1.807) is 0 Å². The van der Waals surface area contributed by atoms with Crippen LogP contribution in [-0.4, -0.2) is 12.2 Å². The molecule has 2 atom stereocenters. The summed E-state index contributed by atoms with van der Waals surface area (Å²) in [7, 11) is 0. The van der Waals surface area contributed by atoms with Crippen molar-refractivity contribution in [3.05, 3.63) is 35.4 Å². The molecule has 3 rings (SSSR count). The highest BCUT2D eigenvalue weighted by atomic mass is 16.8. The maximum absolute atomic E-state index is 6.05. The highest BCUT2D eigenvalue weighted by Gasteiger charge is 2.41. The van der Waals surface area contributed by atoms with Crippen molar-refractivity contribution in [2.24, 2.45) is 5.92 Å². The number of ether oxygens (including phenoxy) is 2. The van der Waals surface area contributed by atoms with E-state index in [-0.39, 0.29) is 12.2 Å². The molecule has 1 aromatic carbocycles. The molecule has 0 N–H and O–H groups in total. The third kappa shape index (κ3) is 3.64. The Labute approximate surface area is 141 Å². The minimum atomic E-state index is -0.587. The van der Waals surface area contributed by atoms with Crippen LogP contribution < -0.4 is 0 Å². The average molecular weight is 316 g/mol. The minimum absolute atomic E-state index is 0.147. The SMILES string of the molecule is CCCC1CCC(c2ccc(C3(C)OC(C)C(C)O3)cc2)CC1. The first kappa shape index (κ1) is 17.0. The van der Waals surface area contributed by atoms with Crippen LogP contribution in [-0.2, 0) is 15.3 Å². The summed E-state index contributed by atoms with van der Waals surface area (Å²) in [5.74, 6) is 1.13. The Morgan fingerprint density at radius 1 is 0.957 bits per heavy atom. The van der Waals surface area contributed by atoms with Gasteiger partial charge in [0.1, 0.15) is 0 Å². The van der Waals surface area contributed by atoms with Crippen LogP contribution in [0.25, 0.3) is 0 Å². The molecule has 2 aliphatic rings. The second-order valence-electron chi connectivity index (χ2n) is 7.72. The third-order valence-electron chi connectivity index (χ3n) is 5.93. The van der Waals surface area contributed by atoms with Gasteiger partial charge in [0, 0.05) is 5.56 Å². The van der Waals surface area contributed by atoms with E-state index in [2.05, 4.69) is 45.0 Å². The Bertz CT molecular complexity index is 489. The molecule has 1 aromatic rings. The van der Waals surface area contributed by atoms with Gasteiger partial charge in [0.05, 0.1) is 12.2 Å². The Morgan fingerprint density at radius 2 is 1.52 bits per heavy atom. The van der Waals surface area contributed by atoms with Gasteiger partial charge >= 0.3 is 0 Å².